The fourth-order valence-electron chi connectivity index (χ4n) is 19.6. The fraction of sp³-hybridized carbons (Fsp3) is 0.270. The summed E-state index contributed by atoms with van der Waals surface area (Å²) in [7, 11) is -10.6. The van der Waals surface area contributed by atoms with Gasteiger partial charge in [0.25, 0.3) is 0 Å². The number of hydrogen-bond donors (Lipinski definition) is 0. The van der Waals surface area contributed by atoms with Gasteiger partial charge in [0, 0.05) is 65.2 Å². The first kappa shape index (κ1) is 105. The predicted molar refractivity (Wildman–Crippen MR) is 585 cm³/mol. The number of ether oxygens (including phenoxy) is 3. The Hall–Kier alpha value is -12.8. The second-order valence-corrected chi connectivity index (χ2v) is 44.9. The van der Waals surface area contributed by atoms with Gasteiger partial charge in [0.2, 0.25) is 5.69 Å². The molecule has 0 atom stereocenters. The Morgan fingerprint density at radius 1 is 0.262 bits per heavy atom. The second-order valence-electron chi connectivity index (χ2n) is 38.8. The molecule has 0 unspecified atom stereocenters. The SMILES string of the molecule is CCOP(=O)(OCC)c1ccc(-c2ccc(C(c3ccc(-c4ccc(P(=O)(OCC)OCC)cc4)cc3)(c3ccc(-c4ccc(P(=O)(OCC)OCC)cc4)cc3)c3ccc(-[n+]4ccc(-c5cc[n+](CCC[n+]6ccc(-c7cc[n+](Cc8ccc(OCCOCCOc9ccc(C(c%10ccc(CC)cc%10)(c%10ccc(C(C)(C)C)cc%10)c%10ccc(C(C)(C)C)cc%10)cc9)cc8)cc7C)c(C)c6)cc5)cc4)cc3)cc2)cc1. The largest absolute Gasteiger partial charge is 0.491 e. The Labute approximate surface area is 858 Å². The summed E-state index contributed by atoms with van der Waals surface area (Å²) in [6.45, 7) is 36.8. The first-order valence-corrected chi connectivity index (χ1v) is 55.5. The van der Waals surface area contributed by atoms with Gasteiger partial charge in [0.15, 0.2) is 69.2 Å². The van der Waals surface area contributed by atoms with Crippen molar-refractivity contribution < 1.29 is 73.3 Å². The van der Waals surface area contributed by atoms with E-state index in [1.807, 2.05) is 126 Å². The normalized spacial score (nSPS) is 12.2. The summed E-state index contributed by atoms with van der Waals surface area (Å²) in [6.07, 6.45) is 19.4. The molecule has 0 aliphatic rings. The van der Waals surface area contributed by atoms with Crippen LogP contribution in [0.5, 0.6) is 11.5 Å². The number of benzene rings is 12. The molecule has 4 aromatic heterocycles. The molecule has 0 radical (unpaired) electrons. The third-order valence-corrected chi connectivity index (χ3v) is 33.6. The van der Waals surface area contributed by atoms with Crippen LogP contribution in [0.4, 0.5) is 0 Å². The van der Waals surface area contributed by atoms with Crippen molar-refractivity contribution in [2.24, 2.45) is 0 Å². The van der Waals surface area contributed by atoms with Gasteiger partial charge in [0.05, 0.1) is 86.0 Å². The van der Waals surface area contributed by atoms with Gasteiger partial charge >= 0.3 is 22.8 Å². The number of aryl methyl sites for hydroxylation is 5. The molecule has 16 rings (SSSR count). The first-order valence-electron chi connectivity index (χ1n) is 50.9. The molecule has 0 aliphatic carbocycles. The summed E-state index contributed by atoms with van der Waals surface area (Å²) in [4.78, 5) is 0. The maximum Gasteiger partial charge on any atom is 0.361 e. The third-order valence-electron chi connectivity index (χ3n) is 27.2. The molecule has 0 N–H and O–H groups in total. The van der Waals surface area contributed by atoms with E-state index in [0.29, 0.717) is 42.3 Å². The summed E-state index contributed by atoms with van der Waals surface area (Å²) in [6, 6.07) is 116. The summed E-state index contributed by atoms with van der Waals surface area (Å²) in [5, 5.41) is 1.50. The van der Waals surface area contributed by atoms with Gasteiger partial charge in [-0.3, -0.25) is 13.7 Å². The van der Waals surface area contributed by atoms with Gasteiger partial charge in [-0.05, 0) is 262 Å². The molecule has 0 bridgehead atoms. The summed E-state index contributed by atoms with van der Waals surface area (Å²) in [5.41, 5.74) is 26.3. The maximum atomic E-state index is 13.9. The average molecular weight is 1990 g/mol. The van der Waals surface area contributed by atoms with Crippen molar-refractivity contribution in [3.63, 3.8) is 0 Å². The Morgan fingerprint density at radius 2 is 0.524 bits per heavy atom. The van der Waals surface area contributed by atoms with Crippen molar-refractivity contribution in [3.8, 4) is 72.8 Å². The topological polar surface area (TPSA) is 150 Å². The molecule has 19 heteroatoms. The molecule has 145 heavy (non-hydrogen) atoms. The number of aromatic nitrogens is 4. The van der Waals surface area contributed by atoms with E-state index >= 15 is 0 Å². The molecule has 0 aliphatic heterocycles. The zero-order valence-electron chi connectivity index (χ0n) is 86.4. The van der Waals surface area contributed by atoms with Gasteiger partial charge in [-0.1, -0.05) is 255 Å². The van der Waals surface area contributed by atoms with E-state index in [1.54, 1.807) is 0 Å². The molecule has 4 heterocycles. The minimum Gasteiger partial charge on any atom is -0.491 e. The lowest BCUT2D eigenvalue weighted by Crippen LogP contribution is -2.38. The van der Waals surface area contributed by atoms with Gasteiger partial charge in [-0.25, -0.2) is 13.7 Å². The summed E-state index contributed by atoms with van der Waals surface area (Å²) in [5.74, 6) is 1.60. The minimum absolute atomic E-state index is 0.0235. The van der Waals surface area contributed by atoms with Crippen LogP contribution < -0.4 is 43.7 Å². The Balaban J connectivity index is 0.549. The third kappa shape index (κ3) is 24.2. The molecule has 16 aromatic rings. The number of nitrogens with zero attached hydrogens (tertiary/aromatic N) is 4. The molecule has 12 aromatic carbocycles. The highest BCUT2D eigenvalue weighted by Gasteiger charge is 2.42. The lowest BCUT2D eigenvalue weighted by atomic mass is 9.64. The summed E-state index contributed by atoms with van der Waals surface area (Å²) >= 11 is 0. The van der Waals surface area contributed by atoms with E-state index in [4.69, 9.17) is 41.4 Å². The van der Waals surface area contributed by atoms with Crippen LogP contribution in [0, 0.1) is 13.8 Å². The number of pyridine rings is 4. The molecular weight excluding hydrogens is 1850 g/mol. The molecule has 0 spiro atoms. The standard InChI is InChI=1S/C126H137N4O12P3/c1-16-95-24-40-107(41-25-95)125(111-52-48-105(49-53-111)123(10,11)12,112-54-50-106(51-55-112)124(13,14)15)114-58-64-117(65-59-114)136-89-87-134-86-88-135-116-62-26-96(27-63-116)92-129-83-77-122(94(9)91-129)121-76-82-128(90-93(121)8)79-23-78-127-80-72-103(73-81-127)104-74-84-130(85-75-104)115-60-56-113(57-61-115)126(108-42-28-97(29-43-108)100-34-66-118(67-35-100)143(131,137-17-2)138-18-3,109-44-30-98(31-45-109)101-36-68-119(69-37-101)144(132,139-19-4)140-20-5)110-46-32-99(33-47-110)102-38-70-120(71-39-102)145(133,141-21-6)142-22-7/h24-77,80-85,90-91H,16-23,78-79,86-89,92H2,1-15H3/q+4. The lowest BCUT2D eigenvalue weighted by molar-refractivity contribution is -0.727. The van der Waals surface area contributed by atoms with Crippen LogP contribution in [-0.4, -0.2) is 66.1 Å². The highest BCUT2D eigenvalue weighted by atomic mass is 31.2. The van der Waals surface area contributed by atoms with Crippen LogP contribution in [0.1, 0.15) is 174 Å². The van der Waals surface area contributed by atoms with E-state index in [0.717, 1.165) is 116 Å². The molecule has 0 fully saturated rings. The van der Waals surface area contributed by atoms with E-state index in [-0.39, 0.29) is 50.5 Å². The Kier molecular flexibility index (Phi) is 34.2. The van der Waals surface area contributed by atoms with Crippen LogP contribution in [0.2, 0.25) is 0 Å². The van der Waals surface area contributed by atoms with Gasteiger partial charge in [-0.15, -0.1) is 0 Å². The predicted octanol–water partition coefficient (Wildman–Crippen LogP) is 27.0. The van der Waals surface area contributed by atoms with E-state index < -0.39 is 33.6 Å². The van der Waals surface area contributed by atoms with Crippen LogP contribution in [0.25, 0.3) is 61.3 Å². The Morgan fingerprint density at radius 3 is 0.855 bits per heavy atom. The monoisotopic (exact) mass is 1990 g/mol. The van der Waals surface area contributed by atoms with E-state index in [9.17, 15) is 13.7 Å². The van der Waals surface area contributed by atoms with Crippen LogP contribution >= 0.6 is 22.8 Å². The van der Waals surface area contributed by atoms with Crippen LogP contribution in [-0.2, 0) is 93.3 Å². The fourth-order valence-corrected chi connectivity index (χ4v) is 24.3. The summed E-state index contributed by atoms with van der Waals surface area (Å²) < 4.78 is 104. The first-order chi connectivity index (χ1) is 70.1. The van der Waals surface area contributed by atoms with Gasteiger partial charge in [-0.2, -0.15) is 4.57 Å². The zero-order valence-corrected chi connectivity index (χ0v) is 89.1. The van der Waals surface area contributed by atoms with E-state index in [1.165, 1.54) is 66.8 Å². The van der Waals surface area contributed by atoms with Crippen molar-refractivity contribution in [2.45, 2.75) is 158 Å². The molecule has 0 amide bonds. The zero-order chi connectivity index (χ0) is 102. The Bertz CT molecular complexity index is 6760. The van der Waals surface area contributed by atoms with Crippen molar-refractivity contribution in [1.82, 2.24) is 0 Å². The van der Waals surface area contributed by atoms with Crippen LogP contribution in [0.3, 0.4) is 0 Å². The van der Waals surface area contributed by atoms with E-state index in [2.05, 4.69) is 373 Å². The molecular formula is C126H137N4O12P3+4. The smallest absolute Gasteiger partial charge is 0.361 e. The van der Waals surface area contributed by atoms with Crippen molar-refractivity contribution >= 4 is 38.7 Å². The van der Waals surface area contributed by atoms with Crippen LogP contribution in [0.15, 0.2) is 377 Å². The van der Waals surface area contributed by atoms with Gasteiger partial charge in [0.1, 0.15) is 24.7 Å². The second kappa shape index (κ2) is 47.2. The quantitative estimate of drug-likeness (QED) is 0.0155. The van der Waals surface area contributed by atoms with Gasteiger partial charge < -0.3 is 41.4 Å². The van der Waals surface area contributed by atoms with Crippen molar-refractivity contribution in [1.29, 1.82) is 0 Å². The number of hydrogen-bond acceptors (Lipinski definition) is 12. The molecule has 0 saturated carbocycles. The van der Waals surface area contributed by atoms with Crippen molar-refractivity contribution in [2.75, 3.05) is 66.1 Å². The maximum absolute atomic E-state index is 13.9. The molecule has 0 saturated heterocycles. The van der Waals surface area contributed by atoms with Crippen molar-refractivity contribution in [3.05, 3.63) is 455 Å². The number of rotatable bonds is 44. The highest BCUT2D eigenvalue weighted by molar-refractivity contribution is 7.62. The lowest BCUT2D eigenvalue weighted by Gasteiger charge is -2.38. The molecule has 744 valence electrons. The molecule has 16 nitrogen and oxygen atoms in total. The average Bonchev–Trinajstić information content (AvgIpc) is 0.723. The highest BCUT2D eigenvalue weighted by Crippen LogP contribution is 2.53. The minimum atomic E-state index is -3.52.